The zero-order valence-corrected chi connectivity index (χ0v) is 13.5. The third kappa shape index (κ3) is 3.14. The molecule has 1 heterocycles. The summed E-state index contributed by atoms with van der Waals surface area (Å²) >= 11 is 1.48. The number of hydrogen-bond donors (Lipinski definition) is 1. The van der Waals surface area contributed by atoms with Crippen LogP contribution in [0.4, 0.5) is 0 Å². The first-order chi connectivity index (χ1) is 10.3. The van der Waals surface area contributed by atoms with Gasteiger partial charge in [0.2, 0.25) is 0 Å². The van der Waals surface area contributed by atoms with Crippen LogP contribution in [-0.2, 0) is 0 Å². The minimum atomic E-state index is 0.931. The average molecular weight is 296 g/mol. The van der Waals surface area contributed by atoms with Crippen molar-refractivity contribution in [3.05, 3.63) is 60.0 Å². The summed E-state index contributed by atoms with van der Waals surface area (Å²) < 4.78 is 4.42. The molecule has 3 aromatic rings. The van der Waals surface area contributed by atoms with E-state index in [9.17, 15) is 0 Å². The highest BCUT2D eigenvalue weighted by Gasteiger charge is 2.06. The highest BCUT2D eigenvalue weighted by molar-refractivity contribution is 7.03. The summed E-state index contributed by atoms with van der Waals surface area (Å²) in [6.45, 7) is 8.00. The smallest absolute Gasteiger partial charge is 0.0846 e. The Hall–Kier alpha value is -2.13. The van der Waals surface area contributed by atoms with Crippen molar-refractivity contribution >= 4 is 28.0 Å². The third-order valence-corrected chi connectivity index (χ3v) is 3.80. The summed E-state index contributed by atoms with van der Waals surface area (Å²) in [5.41, 5.74) is 4.27. The minimum Gasteiger partial charge on any atom is -0.388 e. The number of rotatable bonds is 3. The Bertz CT molecular complexity index is 730. The quantitative estimate of drug-likeness (QED) is 0.720. The van der Waals surface area contributed by atoms with Crippen molar-refractivity contribution in [1.82, 2.24) is 9.69 Å². The average Bonchev–Trinajstić information content (AvgIpc) is 3.09. The molecule has 3 heteroatoms. The van der Waals surface area contributed by atoms with E-state index in [0.717, 1.165) is 17.0 Å². The van der Waals surface area contributed by atoms with Crippen LogP contribution in [0.1, 0.15) is 19.4 Å². The number of fused-ring (bicyclic) bond motifs is 1. The molecule has 0 saturated carbocycles. The molecule has 0 aliphatic heterocycles. The number of benzene rings is 2. The van der Waals surface area contributed by atoms with Crippen molar-refractivity contribution in [2.24, 2.45) is 0 Å². The predicted molar refractivity (Wildman–Crippen MR) is 94.5 cm³/mol. The fourth-order valence-electron chi connectivity index (χ4n) is 2.19. The van der Waals surface area contributed by atoms with E-state index < -0.39 is 0 Å². The van der Waals surface area contributed by atoms with Crippen molar-refractivity contribution in [3.63, 3.8) is 0 Å². The van der Waals surface area contributed by atoms with Crippen LogP contribution in [0.25, 0.3) is 27.7 Å². The molecule has 0 amide bonds. The van der Waals surface area contributed by atoms with Crippen LogP contribution in [-0.4, -0.2) is 11.4 Å². The van der Waals surface area contributed by atoms with Crippen LogP contribution in [0.15, 0.2) is 54.4 Å². The molecule has 3 rings (SSSR count). The summed E-state index contributed by atoms with van der Waals surface area (Å²) in [5.74, 6) is 0. The van der Waals surface area contributed by atoms with Crippen LogP contribution >= 0.6 is 11.5 Å². The molecule has 0 fully saturated rings. The molecule has 2 nitrogen and oxygen atoms in total. The number of nitrogens with zero attached hydrogens (tertiary/aromatic N) is 1. The van der Waals surface area contributed by atoms with E-state index in [2.05, 4.69) is 58.7 Å². The molecule has 0 unspecified atom stereocenters. The lowest BCUT2D eigenvalue weighted by molar-refractivity contribution is 1.13. The van der Waals surface area contributed by atoms with Crippen LogP contribution in [0.2, 0.25) is 0 Å². The van der Waals surface area contributed by atoms with Gasteiger partial charge in [0.1, 0.15) is 0 Å². The molecule has 0 saturated heterocycles. The lowest BCUT2D eigenvalue weighted by atomic mass is 9.99. The summed E-state index contributed by atoms with van der Waals surface area (Å²) in [4.78, 5) is 0. The highest BCUT2D eigenvalue weighted by atomic mass is 32.1. The monoisotopic (exact) mass is 296 g/mol. The lowest BCUT2D eigenvalue weighted by Crippen LogP contribution is -2.02. The Morgan fingerprint density at radius 1 is 1.14 bits per heavy atom. The summed E-state index contributed by atoms with van der Waals surface area (Å²) in [6.07, 6.45) is 0. The molecular weight excluding hydrogens is 276 g/mol. The molecule has 21 heavy (non-hydrogen) atoms. The van der Waals surface area contributed by atoms with Crippen molar-refractivity contribution in [2.75, 3.05) is 7.05 Å². The van der Waals surface area contributed by atoms with Gasteiger partial charge in [0.25, 0.3) is 0 Å². The zero-order chi connectivity index (χ0) is 15.2. The predicted octanol–water partition coefficient (Wildman–Crippen LogP) is 5.18. The maximum Gasteiger partial charge on any atom is 0.0846 e. The first-order valence-electron chi connectivity index (χ1n) is 7.10. The first kappa shape index (κ1) is 15.3. The van der Waals surface area contributed by atoms with E-state index in [1.54, 1.807) is 0 Å². The normalized spacial score (nSPS) is 9.86. The van der Waals surface area contributed by atoms with E-state index in [0.29, 0.717) is 0 Å². The molecule has 0 radical (unpaired) electrons. The van der Waals surface area contributed by atoms with Crippen LogP contribution < -0.4 is 5.32 Å². The van der Waals surface area contributed by atoms with E-state index in [1.165, 1.54) is 27.9 Å². The van der Waals surface area contributed by atoms with Crippen molar-refractivity contribution in [3.8, 4) is 11.3 Å². The van der Waals surface area contributed by atoms with Gasteiger partial charge in [-0.15, -0.1) is 0 Å². The van der Waals surface area contributed by atoms with E-state index in [-0.39, 0.29) is 0 Å². The van der Waals surface area contributed by atoms with Gasteiger partial charge >= 0.3 is 0 Å². The van der Waals surface area contributed by atoms with Crippen molar-refractivity contribution < 1.29 is 0 Å². The van der Waals surface area contributed by atoms with E-state index in [1.807, 2.05) is 26.3 Å². The largest absolute Gasteiger partial charge is 0.388 e. The van der Waals surface area contributed by atoms with Gasteiger partial charge in [-0.2, -0.15) is 4.37 Å². The molecule has 0 bridgehead atoms. The van der Waals surface area contributed by atoms with Gasteiger partial charge < -0.3 is 5.32 Å². The first-order valence-corrected chi connectivity index (χ1v) is 7.94. The second-order valence-electron chi connectivity index (χ2n) is 4.35. The van der Waals surface area contributed by atoms with Crippen LogP contribution in [0, 0.1) is 0 Å². The van der Waals surface area contributed by atoms with Crippen molar-refractivity contribution in [1.29, 1.82) is 0 Å². The molecule has 0 aliphatic rings. The lowest BCUT2D eigenvalue weighted by Gasteiger charge is -2.08. The molecule has 108 valence electrons. The van der Waals surface area contributed by atoms with Crippen molar-refractivity contribution in [2.45, 2.75) is 13.8 Å². The molecular formula is C18H20N2S. The summed E-state index contributed by atoms with van der Waals surface area (Å²) in [5, 5.41) is 7.52. The van der Waals surface area contributed by atoms with Gasteiger partial charge in [-0.3, -0.25) is 0 Å². The van der Waals surface area contributed by atoms with Gasteiger partial charge in [-0.25, -0.2) is 0 Å². The zero-order valence-electron chi connectivity index (χ0n) is 12.7. The van der Waals surface area contributed by atoms with Crippen LogP contribution in [0.3, 0.4) is 0 Å². The Labute approximate surface area is 130 Å². The number of nitrogens with one attached hydrogen (secondary N) is 1. The topological polar surface area (TPSA) is 24.9 Å². The van der Waals surface area contributed by atoms with Gasteiger partial charge in [-0.05, 0) is 40.0 Å². The maximum atomic E-state index is 4.42. The van der Waals surface area contributed by atoms with Gasteiger partial charge in [-0.1, -0.05) is 50.8 Å². The van der Waals surface area contributed by atoms with Gasteiger partial charge in [0.05, 0.1) is 5.69 Å². The van der Waals surface area contributed by atoms with Gasteiger partial charge in [0, 0.05) is 23.7 Å². The molecule has 2 aromatic carbocycles. The van der Waals surface area contributed by atoms with E-state index in [4.69, 9.17) is 0 Å². The Morgan fingerprint density at radius 2 is 1.95 bits per heavy atom. The Balaban J connectivity index is 0.000000774. The molecule has 0 spiro atoms. The Kier molecular flexibility index (Phi) is 5.12. The molecule has 1 N–H and O–H groups in total. The fourth-order valence-corrected chi connectivity index (χ4v) is 2.71. The molecule has 0 atom stereocenters. The SMILES string of the molecule is C=C(NC)c1ccc2c(-c3ccsn3)cccc2c1.CC. The number of hydrogen-bond acceptors (Lipinski definition) is 3. The minimum absolute atomic E-state index is 0.931. The van der Waals surface area contributed by atoms with E-state index >= 15 is 0 Å². The fraction of sp³-hybridized carbons (Fsp3) is 0.167. The standard InChI is InChI=1S/C16H14N2S.C2H6/c1-11(17-2)12-6-7-14-13(10-12)4-3-5-15(14)16-8-9-19-18-16;1-2/h3-10,17H,1H2,2H3;1-2H3. The van der Waals surface area contributed by atoms with Crippen LogP contribution in [0.5, 0.6) is 0 Å². The molecule has 0 aliphatic carbocycles. The highest BCUT2D eigenvalue weighted by Crippen LogP contribution is 2.29. The number of aromatic nitrogens is 1. The maximum absolute atomic E-state index is 4.42. The molecule has 1 aromatic heterocycles. The van der Waals surface area contributed by atoms with Gasteiger partial charge in [0.15, 0.2) is 0 Å². The third-order valence-electron chi connectivity index (χ3n) is 3.24. The Morgan fingerprint density at radius 3 is 2.62 bits per heavy atom. The summed E-state index contributed by atoms with van der Waals surface area (Å²) in [7, 11) is 1.89. The summed E-state index contributed by atoms with van der Waals surface area (Å²) in [6, 6.07) is 14.8. The second-order valence-corrected chi connectivity index (χ2v) is 5.02. The second kappa shape index (κ2) is 7.04.